The molecule has 4 nitrogen and oxygen atoms in total. The Morgan fingerprint density at radius 2 is 0.929 bits per heavy atom. The monoisotopic (exact) mass is 200 g/mol. The molecule has 0 bridgehead atoms. The molecule has 0 radical (unpaired) electrons. The lowest BCUT2D eigenvalue weighted by molar-refractivity contribution is 0.181. The van der Waals surface area contributed by atoms with Crippen LogP contribution in [0.4, 0.5) is 0 Å². The van der Waals surface area contributed by atoms with E-state index in [9.17, 15) is 0 Å². The van der Waals surface area contributed by atoms with Crippen LogP contribution in [0.15, 0.2) is 0 Å². The van der Waals surface area contributed by atoms with Crippen LogP contribution in [-0.2, 0) is 0 Å². The van der Waals surface area contributed by atoms with Gasteiger partial charge in [-0.2, -0.15) is 0 Å². The number of hydrogen-bond acceptors (Lipinski definition) is 4. The van der Waals surface area contributed by atoms with Crippen LogP contribution in [0, 0.1) is 0 Å². The SMILES string of the molecule is C1CNCCN1.CN1CCN(C)CC1. The van der Waals surface area contributed by atoms with E-state index in [4.69, 9.17) is 0 Å². The van der Waals surface area contributed by atoms with Crippen LogP contribution < -0.4 is 10.6 Å². The van der Waals surface area contributed by atoms with E-state index in [-0.39, 0.29) is 0 Å². The molecular formula is C10H24N4. The molecule has 0 saturated carbocycles. The van der Waals surface area contributed by atoms with Gasteiger partial charge >= 0.3 is 0 Å². The van der Waals surface area contributed by atoms with Crippen LogP contribution in [-0.4, -0.2) is 76.3 Å². The van der Waals surface area contributed by atoms with Crippen molar-refractivity contribution >= 4 is 0 Å². The maximum atomic E-state index is 3.22. The van der Waals surface area contributed by atoms with Crippen LogP contribution in [0.3, 0.4) is 0 Å². The minimum Gasteiger partial charge on any atom is -0.314 e. The molecule has 0 amide bonds. The Kier molecular flexibility index (Phi) is 6.10. The highest BCUT2D eigenvalue weighted by Gasteiger charge is 2.07. The largest absolute Gasteiger partial charge is 0.314 e. The number of hydrogen-bond donors (Lipinski definition) is 2. The molecule has 0 atom stereocenters. The predicted octanol–water partition coefficient (Wildman–Crippen LogP) is -0.957. The maximum absolute atomic E-state index is 3.22. The molecule has 0 aromatic rings. The van der Waals surface area contributed by atoms with Crippen molar-refractivity contribution in [3.8, 4) is 0 Å². The first-order valence-electron chi connectivity index (χ1n) is 5.57. The number of rotatable bonds is 0. The standard InChI is InChI=1S/C6H14N2.C4H10N2/c1-7-3-5-8(2)6-4-7;1-2-6-4-3-5-1/h3-6H2,1-2H3;5-6H,1-4H2. The van der Waals surface area contributed by atoms with Crippen molar-refractivity contribution in [3.05, 3.63) is 0 Å². The van der Waals surface area contributed by atoms with E-state index in [1.54, 1.807) is 0 Å². The fraction of sp³-hybridized carbons (Fsp3) is 1.00. The Hall–Kier alpha value is -0.160. The van der Waals surface area contributed by atoms with Crippen LogP contribution in [0.5, 0.6) is 0 Å². The molecule has 2 fully saturated rings. The zero-order valence-electron chi connectivity index (χ0n) is 9.55. The summed E-state index contributed by atoms with van der Waals surface area (Å²) in [5, 5.41) is 6.44. The number of nitrogens with one attached hydrogen (secondary N) is 2. The van der Waals surface area contributed by atoms with Crippen molar-refractivity contribution in [2.24, 2.45) is 0 Å². The maximum Gasteiger partial charge on any atom is 0.0107 e. The van der Waals surface area contributed by atoms with E-state index >= 15 is 0 Å². The van der Waals surface area contributed by atoms with Gasteiger partial charge in [0, 0.05) is 52.4 Å². The average molecular weight is 200 g/mol. The Morgan fingerprint density at radius 1 is 0.643 bits per heavy atom. The van der Waals surface area contributed by atoms with Gasteiger partial charge in [-0.05, 0) is 14.1 Å². The van der Waals surface area contributed by atoms with Gasteiger partial charge in [-0.25, -0.2) is 0 Å². The predicted molar refractivity (Wildman–Crippen MR) is 60.7 cm³/mol. The van der Waals surface area contributed by atoms with Gasteiger partial charge in [-0.3, -0.25) is 0 Å². The summed E-state index contributed by atoms with van der Waals surface area (Å²) in [7, 11) is 4.35. The fourth-order valence-electron chi connectivity index (χ4n) is 1.51. The zero-order chi connectivity index (χ0) is 10.2. The summed E-state index contributed by atoms with van der Waals surface area (Å²) in [4.78, 5) is 4.72. The van der Waals surface area contributed by atoms with Crippen molar-refractivity contribution in [1.29, 1.82) is 0 Å². The van der Waals surface area contributed by atoms with Crippen LogP contribution in [0.1, 0.15) is 0 Å². The lowest BCUT2D eigenvalue weighted by Gasteiger charge is -2.28. The van der Waals surface area contributed by atoms with Gasteiger partial charge in [0.25, 0.3) is 0 Å². The van der Waals surface area contributed by atoms with E-state index in [0.717, 1.165) is 26.2 Å². The summed E-state index contributed by atoms with van der Waals surface area (Å²) in [5.74, 6) is 0. The third-order valence-electron chi connectivity index (χ3n) is 2.68. The van der Waals surface area contributed by atoms with E-state index in [0.29, 0.717) is 0 Å². The molecule has 0 aliphatic carbocycles. The van der Waals surface area contributed by atoms with Gasteiger partial charge in [-0.1, -0.05) is 0 Å². The van der Waals surface area contributed by atoms with Crippen molar-refractivity contribution in [2.45, 2.75) is 0 Å². The average Bonchev–Trinajstić information content (AvgIpc) is 2.26. The Bertz CT molecular complexity index is 107. The molecule has 0 unspecified atom stereocenters. The van der Waals surface area contributed by atoms with Crippen LogP contribution in [0.25, 0.3) is 0 Å². The van der Waals surface area contributed by atoms with Crippen LogP contribution >= 0.6 is 0 Å². The molecule has 84 valence electrons. The van der Waals surface area contributed by atoms with Gasteiger partial charge in [0.1, 0.15) is 0 Å². The molecule has 0 aromatic heterocycles. The molecule has 2 rings (SSSR count). The van der Waals surface area contributed by atoms with Crippen molar-refractivity contribution in [2.75, 3.05) is 66.5 Å². The van der Waals surface area contributed by atoms with Gasteiger partial charge in [-0.15, -0.1) is 0 Å². The summed E-state index contributed by atoms with van der Waals surface area (Å²) in [5.41, 5.74) is 0. The summed E-state index contributed by atoms with van der Waals surface area (Å²) in [6, 6.07) is 0. The highest BCUT2D eigenvalue weighted by Crippen LogP contribution is 1.93. The molecule has 2 aliphatic rings. The van der Waals surface area contributed by atoms with Gasteiger partial charge < -0.3 is 20.4 Å². The van der Waals surface area contributed by atoms with E-state index in [1.807, 2.05) is 0 Å². The van der Waals surface area contributed by atoms with Gasteiger partial charge in [0.05, 0.1) is 0 Å². The zero-order valence-corrected chi connectivity index (χ0v) is 9.55. The molecule has 0 spiro atoms. The summed E-state index contributed by atoms with van der Waals surface area (Å²) in [6.07, 6.45) is 0. The second-order valence-electron chi connectivity index (χ2n) is 4.11. The number of nitrogens with zero attached hydrogens (tertiary/aromatic N) is 2. The fourth-order valence-corrected chi connectivity index (χ4v) is 1.51. The Balaban J connectivity index is 0.000000146. The second kappa shape index (κ2) is 7.17. The second-order valence-corrected chi connectivity index (χ2v) is 4.11. The molecule has 4 heteroatoms. The first kappa shape index (κ1) is 11.9. The third-order valence-corrected chi connectivity index (χ3v) is 2.68. The number of piperazine rings is 2. The van der Waals surface area contributed by atoms with Gasteiger partial charge in [0.2, 0.25) is 0 Å². The lowest BCUT2D eigenvalue weighted by atomic mass is 10.4. The third kappa shape index (κ3) is 5.54. The first-order chi connectivity index (χ1) is 6.79. The lowest BCUT2D eigenvalue weighted by Crippen LogP contribution is -2.42. The van der Waals surface area contributed by atoms with Crippen molar-refractivity contribution < 1.29 is 0 Å². The highest BCUT2D eigenvalue weighted by molar-refractivity contribution is 4.64. The molecule has 14 heavy (non-hydrogen) atoms. The normalized spacial score (nSPS) is 25.3. The van der Waals surface area contributed by atoms with Crippen molar-refractivity contribution in [1.82, 2.24) is 20.4 Å². The highest BCUT2D eigenvalue weighted by atomic mass is 15.2. The van der Waals surface area contributed by atoms with E-state index < -0.39 is 0 Å². The quantitative estimate of drug-likeness (QED) is 0.527. The smallest absolute Gasteiger partial charge is 0.0107 e. The topological polar surface area (TPSA) is 30.5 Å². The summed E-state index contributed by atoms with van der Waals surface area (Å²) >= 11 is 0. The van der Waals surface area contributed by atoms with Crippen molar-refractivity contribution in [3.63, 3.8) is 0 Å². The molecule has 2 aliphatic heterocycles. The Labute approximate surface area is 87.6 Å². The molecule has 2 heterocycles. The molecular weight excluding hydrogens is 176 g/mol. The molecule has 2 N–H and O–H groups in total. The van der Waals surface area contributed by atoms with E-state index in [2.05, 4.69) is 34.5 Å². The molecule has 0 aromatic carbocycles. The first-order valence-corrected chi connectivity index (χ1v) is 5.57. The van der Waals surface area contributed by atoms with Gasteiger partial charge in [0.15, 0.2) is 0 Å². The number of likely N-dealkylation sites (N-methyl/N-ethyl adjacent to an activating group) is 2. The Morgan fingerprint density at radius 3 is 1.14 bits per heavy atom. The minimum atomic E-state index is 1.14. The summed E-state index contributed by atoms with van der Waals surface area (Å²) in [6.45, 7) is 9.49. The van der Waals surface area contributed by atoms with E-state index in [1.165, 1.54) is 26.2 Å². The van der Waals surface area contributed by atoms with Crippen LogP contribution in [0.2, 0.25) is 0 Å². The summed E-state index contributed by atoms with van der Waals surface area (Å²) < 4.78 is 0. The minimum absolute atomic E-state index is 1.14. The molecule has 2 saturated heterocycles.